The van der Waals surface area contributed by atoms with E-state index in [0.29, 0.717) is 12.5 Å². The van der Waals surface area contributed by atoms with Crippen molar-refractivity contribution in [2.24, 2.45) is 17.8 Å². The molecule has 2 rings (SSSR count). The summed E-state index contributed by atoms with van der Waals surface area (Å²) in [6.45, 7) is 4.95. The van der Waals surface area contributed by atoms with Gasteiger partial charge in [0.25, 0.3) is 0 Å². The zero-order valence-electron chi connectivity index (χ0n) is 18.8. The predicted octanol–water partition coefficient (Wildman–Crippen LogP) is 6.32. The van der Waals surface area contributed by atoms with Gasteiger partial charge in [0.2, 0.25) is 0 Å². The SMILES string of the molecule is COC(=O)C/C=C/C(C)C(OCc1cccc(Br)c1)C(C)C(OC)C1CCCCC1. The molecule has 0 aliphatic heterocycles. The van der Waals surface area contributed by atoms with Crippen molar-refractivity contribution in [3.63, 3.8) is 0 Å². The fourth-order valence-electron chi connectivity index (χ4n) is 4.66. The van der Waals surface area contributed by atoms with Gasteiger partial charge in [-0.05, 0) is 36.5 Å². The molecule has 1 aliphatic carbocycles. The molecular weight excluding hydrogens is 444 g/mol. The molecule has 0 bridgehead atoms. The molecule has 1 fully saturated rings. The number of methoxy groups -OCH3 is 2. The highest BCUT2D eigenvalue weighted by molar-refractivity contribution is 9.10. The largest absolute Gasteiger partial charge is 0.469 e. The minimum absolute atomic E-state index is 0.00949. The Morgan fingerprint density at radius 1 is 1.20 bits per heavy atom. The van der Waals surface area contributed by atoms with Gasteiger partial charge in [0, 0.05) is 23.4 Å². The lowest BCUT2D eigenvalue weighted by atomic mass is 9.77. The lowest BCUT2D eigenvalue weighted by Crippen LogP contribution is -2.41. The van der Waals surface area contributed by atoms with E-state index in [2.05, 4.69) is 48.0 Å². The van der Waals surface area contributed by atoms with Crippen LogP contribution in [0, 0.1) is 17.8 Å². The van der Waals surface area contributed by atoms with E-state index >= 15 is 0 Å². The third kappa shape index (κ3) is 7.82. The topological polar surface area (TPSA) is 44.8 Å². The molecular formula is C25H37BrO4. The zero-order chi connectivity index (χ0) is 21.9. The van der Waals surface area contributed by atoms with E-state index in [1.165, 1.54) is 39.2 Å². The number of hydrogen-bond donors (Lipinski definition) is 0. The van der Waals surface area contributed by atoms with Gasteiger partial charge < -0.3 is 14.2 Å². The summed E-state index contributed by atoms with van der Waals surface area (Å²) in [7, 11) is 3.25. The normalized spacial score (nSPS) is 19.4. The average molecular weight is 481 g/mol. The number of ether oxygens (including phenoxy) is 3. The van der Waals surface area contributed by atoms with Gasteiger partial charge >= 0.3 is 5.97 Å². The highest BCUT2D eigenvalue weighted by atomic mass is 79.9. The van der Waals surface area contributed by atoms with E-state index < -0.39 is 0 Å². The molecule has 0 heterocycles. The first-order valence-corrected chi connectivity index (χ1v) is 11.9. The first-order valence-electron chi connectivity index (χ1n) is 11.1. The minimum Gasteiger partial charge on any atom is -0.469 e. The second-order valence-electron chi connectivity index (χ2n) is 8.43. The Labute approximate surface area is 190 Å². The Bertz CT molecular complexity index is 669. The molecule has 4 unspecified atom stereocenters. The lowest BCUT2D eigenvalue weighted by Gasteiger charge is -2.38. The molecule has 1 aliphatic rings. The molecule has 5 heteroatoms. The molecule has 1 saturated carbocycles. The number of halogens is 1. The molecule has 0 radical (unpaired) electrons. The molecule has 0 spiro atoms. The molecule has 0 amide bonds. The Morgan fingerprint density at radius 2 is 1.93 bits per heavy atom. The van der Waals surface area contributed by atoms with Gasteiger partial charge in [-0.15, -0.1) is 0 Å². The molecule has 4 nitrogen and oxygen atoms in total. The van der Waals surface area contributed by atoms with Crippen LogP contribution in [0.25, 0.3) is 0 Å². The molecule has 0 N–H and O–H groups in total. The van der Waals surface area contributed by atoms with E-state index in [1.54, 1.807) is 0 Å². The molecule has 1 aromatic rings. The van der Waals surface area contributed by atoms with Crippen LogP contribution in [0.2, 0.25) is 0 Å². The number of rotatable bonds is 11. The van der Waals surface area contributed by atoms with Crippen molar-refractivity contribution in [2.75, 3.05) is 14.2 Å². The summed E-state index contributed by atoms with van der Waals surface area (Å²) in [4.78, 5) is 11.5. The van der Waals surface area contributed by atoms with Crippen molar-refractivity contribution in [3.8, 4) is 0 Å². The molecule has 0 saturated heterocycles. The summed E-state index contributed by atoms with van der Waals surface area (Å²) < 4.78 is 18.3. The fourth-order valence-corrected chi connectivity index (χ4v) is 5.11. The number of esters is 1. The summed E-state index contributed by atoms with van der Waals surface area (Å²) in [6, 6.07) is 8.22. The van der Waals surface area contributed by atoms with Gasteiger partial charge in [-0.1, -0.05) is 73.3 Å². The van der Waals surface area contributed by atoms with Crippen molar-refractivity contribution in [1.29, 1.82) is 0 Å². The zero-order valence-corrected chi connectivity index (χ0v) is 20.4. The molecule has 0 aromatic heterocycles. The predicted molar refractivity (Wildman–Crippen MR) is 124 cm³/mol. The minimum atomic E-state index is -0.227. The third-order valence-corrected chi connectivity index (χ3v) is 6.72. The monoisotopic (exact) mass is 480 g/mol. The van der Waals surface area contributed by atoms with Gasteiger partial charge in [-0.2, -0.15) is 0 Å². The van der Waals surface area contributed by atoms with Crippen LogP contribution in [-0.4, -0.2) is 32.4 Å². The van der Waals surface area contributed by atoms with Crippen molar-refractivity contribution < 1.29 is 19.0 Å². The quantitative estimate of drug-likeness (QED) is 0.274. The van der Waals surface area contributed by atoms with Crippen LogP contribution in [0.15, 0.2) is 40.9 Å². The second kappa shape index (κ2) is 13.3. The van der Waals surface area contributed by atoms with Crippen molar-refractivity contribution in [2.45, 2.75) is 71.2 Å². The maximum atomic E-state index is 11.5. The summed E-state index contributed by atoms with van der Waals surface area (Å²) >= 11 is 3.54. The standard InChI is InChI=1S/C25H37BrO4/c1-18(10-8-15-23(27)28-3)24(30-17-20-11-9-14-22(26)16-20)19(2)25(29-4)21-12-6-5-7-13-21/h8-11,14,16,18-19,21,24-25H,5-7,12-13,15,17H2,1-4H3/b10-8+. The maximum absolute atomic E-state index is 11.5. The molecule has 1 aromatic carbocycles. The first kappa shape index (κ1) is 25.1. The van der Waals surface area contributed by atoms with Crippen LogP contribution in [0.3, 0.4) is 0 Å². The first-order chi connectivity index (χ1) is 14.5. The van der Waals surface area contributed by atoms with Crippen molar-refractivity contribution in [1.82, 2.24) is 0 Å². The van der Waals surface area contributed by atoms with Gasteiger partial charge in [-0.25, -0.2) is 0 Å². The van der Waals surface area contributed by atoms with Crippen LogP contribution in [0.5, 0.6) is 0 Å². The Morgan fingerprint density at radius 3 is 2.57 bits per heavy atom. The lowest BCUT2D eigenvalue weighted by molar-refractivity contribution is -0.139. The number of hydrogen-bond acceptors (Lipinski definition) is 4. The van der Waals surface area contributed by atoms with Crippen LogP contribution >= 0.6 is 15.9 Å². The van der Waals surface area contributed by atoms with E-state index in [1.807, 2.05) is 25.3 Å². The Hall–Kier alpha value is -1.17. The smallest absolute Gasteiger partial charge is 0.309 e. The summed E-state index contributed by atoms with van der Waals surface area (Å²) in [5.74, 6) is 0.748. The van der Waals surface area contributed by atoms with Crippen LogP contribution < -0.4 is 0 Å². The summed E-state index contributed by atoms with van der Waals surface area (Å²) in [6.07, 6.45) is 10.8. The van der Waals surface area contributed by atoms with E-state index in [4.69, 9.17) is 14.2 Å². The number of benzene rings is 1. The van der Waals surface area contributed by atoms with Gasteiger partial charge in [0.05, 0.1) is 32.3 Å². The van der Waals surface area contributed by atoms with E-state index in [0.717, 1.165) is 10.0 Å². The van der Waals surface area contributed by atoms with Gasteiger partial charge in [0.15, 0.2) is 0 Å². The van der Waals surface area contributed by atoms with Crippen molar-refractivity contribution in [3.05, 3.63) is 46.5 Å². The summed E-state index contributed by atoms with van der Waals surface area (Å²) in [5, 5.41) is 0. The highest BCUT2D eigenvalue weighted by Gasteiger charge is 2.35. The number of carbonyl (C=O) groups is 1. The third-order valence-electron chi connectivity index (χ3n) is 6.22. The van der Waals surface area contributed by atoms with Crippen LogP contribution in [-0.2, 0) is 25.6 Å². The second-order valence-corrected chi connectivity index (χ2v) is 9.35. The van der Waals surface area contributed by atoms with Crippen molar-refractivity contribution >= 4 is 21.9 Å². The van der Waals surface area contributed by atoms with E-state index in [-0.39, 0.29) is 36.4 Å². The Kier molecular flexibility index (Phi) is 11.1. The highest BCUT2D eigenvalue weighted by Crippen LogP contribution is 2.35. The molecule has 4 atom stereocenters. The van der Waals surface area contributed by atoms with Gasteiger partial charge in [-0.3, -0.25) is 4.79 Å². The van der Waals surface area contributed by atoms with Gasteiger partial charge in [0.1, 0.15) is 0 Å². The molecule has 168 valence electrons. The van der Waals surface area contributed by atoms with Crippen LogP contribution in [0.4, 0.5) is 0 Å². The summed E-state index contributed by atoms with van der Waals surface area (Å²) in [5.41, 5.74) is 1.14. The maximum Gasteiger partial charge on any atom is 0.309 e. The van der Waals surface area contributed by atoms with Crippen LogP contribution in [0.1, 0.15) is 57.9 Å². The number of carbonyl (C=O) groups excluding carboxylic acids is 1. The Balaban J connectivity index is 2.13. The van der Waals surface area contributed by atoms with E-state index in [9.17, 15) is 4.79 Å². The molecule has 30 heavy (non-hydrogen) atoms. The average Bonchev–Trinajstić information content (AvgIpc) is 2.75. The fraction of sp³-hybridized carbons (Fsp3) is 0.640.